The smallest absolute Gasteiger partial charge is 0.338 e. The largest absolute Gasteiger partial charge is 0.449 e. The first-order chi connectivity index (χ1) is 13.2. The number of benzene rings is 2. The van der Waals surface area contributed by atoms with Crippen molar-refractivity contribution in [2.24, 2.45) is 0 Å². The van der Waals surface area contributed by atoms with Gasteiger partial charge in [-0.3, -0.25) is 19.7 Å². The summed E-state index contributed by atoms with van der Waals surface area (Å²) in [5, 5.41) is 15.6. The molecule has 0 saturated carbocycles. The number of nitro benzene ring substituents is 1. The molecule has 0 bridgehead atoms. The van der Waals surface area contributed by atoms with Gasteiger partial charge in [-0.05, 0) is 43.3 Å². The minimum absolute atomic E-state index is 0.0133. The summed E-state index contributed by atoms with van der Waals surface area (Å²) in [4.78, 5) is 45.0. The number of ether oxygens (including phenoxy) is 1. The van der Waals surface area contributed by atoms with E-state index in [1.807, 2.05) is 0 Å². The zero-order valence-corrected chi connectivity index (χ0v) is 14.9. The van der Waals surface area contributed by atoms with Crippen molar-refractivity contribution >= 4 is 34.8 Å². The molecule has 0 aliphatic rings. The third-order valence-electron chi connectivity index (χ3n) is 3.50. The monoisotopic (exact) mass is 389 g/mol. The number of carbonyl (C=O) groups is 3. The van der Waals surface area contributed by atoms with E-state index in [1.54, 1.807) is 0 Å². The molecule has 0 aliphatic heterocycles. The molecule has 2 rings (SSSR count). The summed E-state index contributed by atoms with van der Waals surface area (Å²) in [6.07, 6.45) is -1.22. The number of anilines is 2. The van der Waals surface area contributed by atoms with Crippen LogP contribution in [0.1, 0.15) is 24.2 Å². The number of carbonyl (C=O) groups excluding carboxylic acids is 3. The Labute approximate surface area is 158 Å². The van der Waals surface area contributed by atoms with Crippen molar-refractivity contribution in [1.82, 2.24) is 0 Å². The molecule has 9 nitrogen and oxygen atoms in total. The van der Waals surface area contributed by atoms with Gasteiger partial charge in [0.25, 0.3) is 5.91 Å². The molecule has 0 unspecified atom stereocenters. The highest BCUT2D eigenvalue weighted by atomic mass is 19.1. The zero-order chi connectivity index (χ0) is 20.8. The van der Waals surface area contributed by atoms with Crippen LogP contribution in [0.5, 0.6) is 0 Å². The minimum Gasteiger partial charge on any atom is -0.449 e. The molecular formula is C18H16FN3O6. The van der Waals surface area contributed by atoms with E-state index in [2.05, 4.69) is 10.6 Å². The molecule has 28 heavy (non-hydrogen) atoms. The Morgan fingerprint density at radius 3 is 2.25 bits per heavy atom. The predicted octanol–water partition coefficient (Wildman–Crippen LogP) is 2.88. The van der Waals surface area contributed by atoms with E-state index >= 15 is 0 Å². The number of halogens is 1. The Balaban J connectivity index is 2.00. The maximum absolute atomic E-state index is 13.3. The second-order valence-corrected chi connectivity index (χ2v) is 5.72. The first kappa shape index (κ1) is 20.5. The maximum Gasteiger partial charge on any atom is 0.338 e. The SMILES string of the molecule is CC(=O)Nc1ccc(C(=O)O[C@H](C)C(=O)Nc2ccc(F)c([N+](=O)[O-])c2)cc1. The van der Waals surface area contributed by atoms with Crippen LogP contribution in [0.4, 0.5) is 21.5 Å². The lowest BCUT2D eigenvalue weighted by Gasteiger charge is -2.14. The van der Waals surface area contributed by atoms with Crippen molar-refractivity contribution in [2.45, 2.75) is 20.0 Å². The van der Waals surface area contributed by atoms with Crippen molar-refractivity contribution < 1.29 is 28.4 Å². The molecule has 2 N–H and O–H groups in total. The highest BCUT2D eigenvalue weighted by molar-refractivity contribution is 5.97. The summed E-state index contributed by atoms with van der Waals surface area (Å²) in [5.41, 5.74) is -0.152. The Morgan fingerprint density at radius 2 is 1.68 bits per heavy atom. The zero-order valence-electron chi connectivity index (χ0n) is 14.9. The average Bonchev–Trinajstić information content (AvgIpc) is 2.63. The van der Waals surface area contributed by atoms with Gasteiger partial charge in [0.05, 0.1) is 10.5 Å². The summed E-state index contributed by atoms with van der Waals surface area (Å²) < 4.78 is 18.4. The fourth-order valence-corrected chi connectivity index (χ4v) is 2.15. The molecular weight excluding hydrogens is 373 g/mol. The number of rotatable bonds is 6. The lowest BCUT2D eigenvalue weighted by atomic mass is 10.2. The van der Waals surface area contributed by atoms with Gasteiger partial charge in [-0.1, -0.05) is 0 Å². The molecule has 0 aliphatic carbocycles. The third-order valence-corrected chi connectivity index (χ3v) is 3.50. The fourth-order valence-electron chi connectivity index (χ4n) is 2.15. The topological polar surface area (TPSA) is 128 Å². The normalized spacial score (nSPS) is 11.2. The predicted molar refractivity (Wildman–Crippen MR) is 97.3 cm³/mol. The van der Waals surface area contributed by atoms with E-state index in [-0.39, 0.29) is 17.2 Å². The molecule has 0 fully saturated rings. The van der Waals surface area contributed by atoms with E-state index < -0.39 is 34.4 Å². The highest BCUT2D eigenvalue weighted by Crippen LogP contribution is 2.22. The van der Waals surface area contributed by atoms with Crippen molar-refractivity contribution in [3.8, 4) is 0 Å². The number of nitrogens with zero attached hydrogens (tertiary/aromatic N) is 1. The van der Waals surface area contributed by atoms with Crippen LogP contribution >= 0.6 is 0 Å². The van der Waals surface area contributed by atoms with E-state index in [9.17, 15) is 28.9 Å². The summed E-state index contributed by atoms with van der Waals surface area (Å²) in [5.74, 6) is -2.82. The minimum atomic E-state index is -1.22. The second kappa shape index (κ2) is 8.71. The molecule has 2 amide bonds. The number of nitro groups is 1. The number of amides is 2. The van der Waals surface area contributed by atoms with Crippen LogP contribution in [0.2, 0.25) is 0 Å². The molecule has 146 valence electrons. The summed E-state index contributed by atoms with van der Waals surface area (Å²) in [6.45, 7) is 2.66. The third kappa shape index (κ3) is 5.34. The second-order valence-electron chi connectivity index (χ2n) is 5.72. The van der Waals surface area contributed by atoms with Crippen LogP contribution in [0, 0.1) is 15.9 Å². The van der Waals surface area contributed by atoms with Gasteiger partial charge in [-0.15, -0.1) is 0 Å². The molecule has 0 heterocycles. The molecule has 0 aromatic heterocycles. The first-order valence-corrected chi connectivity index (χ1v) is 8.01. The Kier molecular flexibility index (Phi) is 6.38. The summed E-state index contributed by atoms with van der Waals surface area (Å²) >= 11 is 0. The molecule has 0 spiro atoms. The maximum atomic E-state index is 13.3. The van der Waals surface area contributed by atoms with Gasteiger partial charge in [0.15, 0.2) is 6.10 Å². The molecule has 2 aromatic rings. The molecule has 0 saturated heterocycles. The van der Waals surface area contributed by atoms with Crippen molar-refractivity contribution in [2.75, 3.05) is 10.6 Å². The summed E-state index contributed by atoms with van der Waals surface area (Å²) in [7, 11) is 0. The van der Waals surface area contributed by atoms with Gasteiger partial charge >= 0.3 is 11.7 Å². The van der Waals surface area contributed by atoms with Crippen LogP contribution < -0.4 is 10.6 Å². The van der Waals surface area contributed by atoms with Gasteiger partial charge in [0, 0.05) is 24.4 Å². The summed E-state index contributed by atoms with van der Waals surface area (Å²) in [6, 6.07) is 8.70. The molecule has 1 atom stereocenters. The van der Waals surface area contributed by atoms with Gasteiger partial charge in [-0.2, -0.15) is 4.39 Å². The Bertz CT molecular complexity index is 929. The average molecular weight is 389 g/mol. The van der Waals surface area contributed by atoms with Crippen LogP contribution in [-0.4, -0.2) is 28.8 Å². The van der Waals surface area contributed by atoms with E-state index in [1.165, 1.54) is 38.1 Å². The molecule has 2 aromatic carbocycles. The first-order valence-electron chi connectivity index (χ1n) is 8.01. The number of hydrogen-bond acceptors (Lipinski definition) is 6. The molecule has 10 heteroatoms. The molecule has 0 radical (unpaired) electrons. The van der Waals surface area contributed by atoms with Crippen molar-refractivity contribution in [1.29, 1.82) is 0 Å². The van der Waals surface area contributed by atoms with Crippen molar-refractivity contribution in [3.63, 3.8) is 0 Å². The van der Waals surface area contributed by atoms with Crippen LogP contribution in [0.3, 0.4) is 0 Å². The van der Waals surface area contributed by atoms with Gasteiger partial charge in [0.1, 0.15) is 0 Å². The van der Waals surface area contributed by atoms with Crippen LogP contribution in [0.25, 0.3) is 0 Å². The number of esters is 1. The van der Waals surface area contributed by atoms with Gasteiger partial charge in [-0.25, -0.2) is 4.79 Å². The Hall–Kier alpha value is -3.82. The van der Waals surface area contributed by atoms with E-state index in [0.29, 0.717) is 5.69 Å². The number of hydrogen-bond donors (Lipinski definition) is 2. The lowest BCUT2D eigenvalue weighted by Crippen LogP contribution is -2.30. The Morgan fingerprint density at radius 1 is 1.07 bits per heavy atom. The van der Waals surface area contributed by atoms with Crippen LogP contribution in [0.15, 0.2) is 42.5 Å². The highest BCUT2D eigenvalue weighted by Gasteiger charge is 2.21. The van der Waals surface area contributed by atoms with Crippen molar-refractivity contribution in [3.05, 3.63) is 64.0 Å². The van der Waals surface area contributed by atoms with E-state index in [4.69, 9.17) is 4.74 Å². The van der Waals surface area contributed by atoms with Gasteiger partial charge < -0.3 is 15.4 Å². The van der Waals surface area contributed by atoms with Gasteiger partial charge in [0.2, 0.25) is 11.7 Å². The fraction of sp³-hybridized carbons (Fsp3) is 0.167. The standard InChI is InChI=1S/C18H16FN3O6/c1-10(17(24)21-14-7-8-15(19)16(9-14)22(26)27)28-18(25)12-3-5-13(6-4-12)20-11(2)23/h3-10H,1-2H3,(H,20,23)(H,21,24)/t10-/m1/s1. The lowest BCUT2D eigenvalue weighted by molar-refractivity contribution is -0.387. The number of nitrogens with one attached hydrogen (secondary N) is 2. The van der Waals surface area contributed by atoms with E-state index in [0.717, 1.165) is 18.2 Å². The van der Waals surface area contributed by atoms with Crippen LogP contribution in [-0.2, 0) is 14.3 Å². The quantitative estimate of drug-likeness (QED) is 0.444.